The number of hydrogen-bond acceptors (Lipinski definition) is 6. The van der Waals surface area contributed by atoms with Crippen LogP contribution in [0, 0.1) is 0 Å². The molecule has 0 saturated heterocycles. The Morgan fingerprint density at radius 1 is 0.429 bits per heavy atom. The number of hydrogen-bond donors (Lipinski definition) is 2. The van der Waals surface area contributed by atoms with Crippen LogP contribution in [0.2, 0.25) is 0 Å². The lowest BCUT2D eigenvalue weighted by atomic mass is 10.1. The van der Waals surface area contributed by atoms with Gasteiger partial charge in [0.1, 0.15) is 11.5 Å². The van der Waals surface area contributed by atoms with Crippen LogP contribution in [0.1, 0.15) is 0 Å². The molecule has 0 aliphatic carbocycles. The van der Waals surface area contributed by atoms with E-state index < -0.39 is 0 Å². The Kier molecular flexibility index (Phi) is 4.76. The molecule has 0 aromatic heterocycles. The van der Waals surface area contributed by atoms with E-state index >= 15 is 0 Å². The summed E-state index contributed by atoms with van der Waals surface area (Å²) in [6.07, 6.45) is 0. The molecule has 0 spiro atoms. The first kappa shape index (κ1) is 17.4. The smallest absolute Gasteiger partial charge is 0.115 e. The van der Waals surface area contributed by atoms with Crippen molar-refractivity contribution >= 4 is 33.5 Å². The van der Waals surface area contributed by atoms with Gasteiger partial charge in [-0.05, 0) is 60.7 Å². The highest BCUT2D eigenvalue weighted by Gasteiger charge is 2.05. The average Bonchev–Trinajstić information content (AvgIpc) is 2.73. The normalized spacial score (nSPS) is 11.6. The topological polar surface area (TPSA) is 89.9 Å². The molecular weight excluding hydrogens is 352 g/mol. The van der Waals surface area contributed by atoms with Crippen LogP contribution < -0.4 is 0 Å². The highest BCUT2D eigenvalue weighted by Crippen LogP contribution is 2.35. The zero-order chi connectivity index (χ0) is 19.3. The molecule has 28 heavy (non-hydrogen) atoms. The van der Waals surface area contributed by atoms with Crippen molar-refractivity contribution < 1.29 is 10.2 Å². The molecule has 0 radical (unpaired) electrons. The molecule has 0 atom stereocenters. The van der Waals surface area contributed by atoms with Crippen molar-refractivity contribution in [2.75, 3.05) is 0 Å². The molecule has 0 amide bonds. The fraction of sp³-hybridized carbons (Fsp3) is 0. The van der Waals surface area contributed by atoms with E-state index in [9.17, 15) is 10.2 Å². The molecule has 6 heteroatoms. The Balaban J connectivity index is 1.68. The third kappa shape index (κ3) is 3.86. The van der Waals surface area contributed by atoms with Gasteiger partial charge < -0.3 is 10.2 Å². The van der Waals surface area contributed by atoms with Crippen molar-refractivity contribution in [3.8, 4) is 11.5 Å². The van der Waals surface area contributed by atoms with Crippen molar-refractivity contribution in [3.63, 3.8) is 0 Å². The minimum atomic E-state index is 0.188. The van der Waals surface area contributed by atoms with Gasteiger partial charge in [-0.3, -0.25) is 0 Å². The molecule has 0 unspecified atom stereocenters. The van der Waals surface area contributed by atoms with Gasteiger partial charge in [-0.2, -0.15) is 10.2 Å². The average molecular weight is 368 g/mol. The molecule has 0 bridgehead atoms. The maximum Gasteiger partial charge on any atom is 0.115 e. The Hall–Kier alpha value is -4.06. The summed E-state index contributed by atoms with van der Waals surface area (Å²) in [5.41, 5.74) is 2.73. The first-order valence-corrected chi connectivity index (χ1v) is 8.62. The minimum Gasteiger partial charge on any atom is -0.508 e. The third-order valence-corrected chi connectivity index (χ3v) is 4.12. The number of aromatic hydroxyl groups is 2. The third-order valence-electron chi connectivity index (χ3n) is 4.12. The van der Waals surface area contributed by atoms with Crippen molar-refractivity contribution in [1.29, 1.82) is 0 Å². The van der Waals surface area contributed by atoms with Crippen LogP contribution in [-0.4, -0.2) is 10.2 Å². The molecule has 0 fully saturated rings. The number of fused-ring (bicyclic) bond motifs is 1. The number of rotatable bonds is 4. The van der Waals surface area contributed by atoms with Gasteiger partial charge in [-0.1, -0.05) is 24.3 Å². The standard InChI is InChI=1S/C22H16N4O2/c27-17-9-5-15(6-10-17)23-25-21-13-14-22(20-4-2-1-3-19(20)21)26-24-16-7-11-18(28)12-8-16/h1-14,27-28H/b25-23+,26-24+. The van der Waals surface area contributed by atoms with Crippen molar-refractivity contribution in [2.24, 2.45) is 20.5 Å². The zero-order valence-electron chi connectivity index (χ0n) is 14.8. The molecule has 0 aliphatic heterocycles. The predicted octanol–water partition coefficient (Wildman–Crippen LogP) is 7.08. The predicted molar refractivity (Wildman–Crippen MR) is 109 cm³/mol. The maximum atomic E-state index is 9.36. The van der Waals surface area contributed by atoms with Crippen LogP contribution >= 0.6 is 0 Å². The van der Waals surface area contributed by atoms with Crippen LogP contribution in [0.5, 0.6) is 11.5 Å². The van der Waals surface area contributed by atoms with Gasteiger partial charge in [0.2, 0.25) is 0 Å². The Morgan fingerprint density at radius 2 is 0.821 bits per heavy atom. The van der Waals surface area contributed by atoms with Gasteiger partial charge in [-0.25, -0.2) is 0 Å². The minimum absolute atomic E-state index is 0.188. The van der Waals surface area contributed by atoms with Gasteiger partial charge in [0.05, 0.1) is 22.7 Å². The number of azo groups is 2. The molecule has 0 heterocycles. The second-order valence-electron chi connectivity index (χ2n) is 6.08. The van der Waals surface area contributed by atoms with E-state index in [0.29, 0.717) is 22.7 Å². The van der Waals surface area contributed by atoms with Crippen molar-refractivity contribution in [1.82, 2.24) is 0 Å². The van der Waals surface area contributed by atoms with Crippen LogP contribution in [0.15, 0.2) is 105 Å². The monoisotopic (exact) mass is 368 g/mol. The molecule has 6 nitrogen and oxygen atoms in total. The van der Waals surface area contributed by atoms with Crippen molar-refractivity contribution in [3.05, 3.63) is 84.9 Å². The number of phenolic OH excluding ortho intramolecular Hbond substituents is 2. The number of nitrogens with zero attached hydrogens (tertiary/aromatic N) is 4. The number of phenols is 2. The SMILES string of the molecule is Oc1ccc(/N=N/c2ccc(/N=N/c3ccc(O)cc3)c3ccccc23)cc1. The summed E-state index contributed by atoms with van der Waals surface area (Å²) in [5, 5.41) is 37.7. The Morgan fingerprint density at radius 3 is 1.21 bits per heavy atom. The van der Waals surface area contributed by atoms with E-state index in [4.69, 9.17) is 0 Å². The molecule has 136 valence electrons. The van der Waals surface area contributed by atoms with Crippen LogP contribution in [0.3, 0.4) is 0 Å². The first-order chi connectivity index (χ1) is 13.7. The van der Waals surface area contributed by atoms with E-state index in [-0.39, 0.29) is 11.5 Å². The van der Waals surface area contributed by atoms with E-state index in [0.717, 1.165) is 10.8 Å². The molecule has 4 aromatic carbocycles. The molecular formula is C22H16N4O2. The largest absolute Gasteiger partial charge is 0.508 e. The zero-order valence-corrected chi connectivity index (χ0v) is 14.8. The van der Waals surface area contributed by atoms with Crippen LogP contribution in [0.4, 0.5) is 22.7 Å². The summed E-state index contributed by atoms with van der Waals surface area (Å²) in [6, 6.07) is 24.5. The Bertz CT molecular complexity index is 1070. The lowest BCUT2D eigenvalue weighted by molar-refractivity contribution is 0.475. The van der Waals surface area contributed by atoms with Gasteiger partial charge in [0.15, 0.2) is 0 Å². The Labute approximate surface area is 161 Å². The molecule has 0 saturated carbocycles. The molecule has 4 rings (SSSR count). The van der Waals surface area contributed by atoms with Crippen LogP contribution in [0.25, 0.3) is 10.8 Å². The summed E-state index contributed by atoms with van der Waals surface area (Å²) in [7, 11) is 0. The molecule has 2 N–H and O–H groups in total. The van der Waals surface area contributed by atoms with Gasteiger partial charge in [0.25, 0.3) is 0 Å². The summed E-state index contributed by atoms with van der Waals surface area (Å²) in [5.74, 6) is 0.375. The second kappa shape index (κ2) is 7.67. The van der Waals surface area contributed by atoms with Gasteiger partial charge >= 0.3 is 0 Å². The quantitative estimate of drug-likeness (QED) is 0.377. The van der Waals surface area contributed by atoms with E-state index in [1.165, 1.54) is 0 Å². The van der Waals surface area contributed by atoms with E-state index in [1.807, 2.05) is 36.4 Å². The molecule has 0 aliphatic rings. The summed E-state index contributed by atoms with van der Waals surface area (Å²) < 4.78 is 0. The fourth-order valence-corrected chi connectivity index (χ4v) is 2.70. The lowest BCUT2D eigenvalue weighted by Gasteiger charge is -2.04. The van der Waals surface area contributed by atoms with E-state index in [1.54, 1.807) is 48.5 Å². The van der Waals surface area contributed by atoms with Crippen molar-refractivity contribution in [2.45, 2.75) is 0 Å². The number of benzene rings is 4. The van der Waals surface area contributed by atoms with Gasteiger partial charge in [0, 0.05) is 10.8 Å². The van der Waals surface area contributed by atoms with Gasteiger partial charge in [-0.15, -0.1) is 10.2 Å². The van der Waals surface area contributed by atoms with E-state index in [2.05, 4.69) is 20.5 Å². The summed E-state index contributed by atoms with van der Waals surface area (Å²) in [6.45, 7) is 0. The summed E-state index contributed by atoms with van der Waals surface area (Å²) in [4.78, 5) is 0. The highest BCUT2D eigenvalue weighted by molar-refractivity contribution is 5.99. The maximum absolute atomic E-state index is 9.36. The van der Waals surface area contributed by atoms with Crippen LogP contribution in [-0.2, 0) is 0 Å². The lowest BCUT2D eigenvalue weighted by Crippen LogP contribution is -1.75. The highest BCUT2D eigenvalue weighted by atomic mass is 16.3. The second-order valence-corrected chi connectivity index (χ2v) is 6.08. The fourth-order valence-electron chi connectivity index (χ4n) is 2.70. The first-order valence-electron chi connectivity index (χ1n) is 8.62. The molecule has 4 aromatic rings. The summed E-state index contributed by atoms with van der Waals surface area (Å²) >= 11 is 0.